The van der Waals surface area contributed by atoms with Crippen molar-refractivity contribution in [2.24, 2.45) is 0 Å². The van der Waals surface area contributed by atoms with Gasteiger partial charge in [-0.05, 0) is 57.5 Å². The second-order valence-corrected chi connectivity index (χ2v) is 10.6. The van der Waals surface area contributed by atoms with Crippen LogP contribution in [0.2, 0.25) is 0 Å². The predicted octanol–water partition coefficient (Wildman–Crippen LogP) is 3.93. The largest absolute Gasteiger partial charge is 0.490 e. The number of carbonyl (C=O) groups excluding carboxylic acids is 4. The average molecular weight is 619 g/mol. The molecule has 1 fully saturated rings. The Morgan fingerprint density at radius 1 is 0.977 bits per heavy atom. The number of fused-ring (bicyclic) bond motifs is 1. The summed E-state index contributed by atoms with van der Waals surface area (Å²) in [6.45, 7) is 7.20. The third-order valence-electron chi connectivity index (χ3n) is 5.90. The number of urea groups is 1. The molecule has 0 radical (unpaired) electrons. The first-order chi connectivity index (χ1) is 20.4. The molecule has 0 aliphatic carbocycles. The van der Waals surface area contributed by atoms with Crippen molar-refractivity contribution in [3.8, 4) is 5.75 Å². The zero-order valence-electron chi connectivity index (χ0n) is 24.0. The molecule has 1 aliphatic rings. The molecule has 12 nitrogen and oxygen atoms in total. The van der Waals surface area contributed by atoms with Crippen molar-refractivity contribution in [2.45, 2.75) is 58.0 Å². The maximum absolute atomic E-state index is 12.8. The van der Waals surface area contributed by atoms with Gasteiger partial charge in [0.05, 0.1) is 5.52 Å². The Morgan fingerprint density at radius 2 is 1.55 bits per heavy atom. The van der Waals surface area contributed by atoms with Gasteiger partial charge in [0.1, 0.15) is 18.0 Å². The Hall–Kier alpha value is -5.21. The lowest BCUT2D eigenvalue weighted by Gasteiger charge is -2.35. The summed E-state index contributed by atoms with van der Waals surface area (Å²) in [7, 11) is 0. The molecule has 1 saturated heterocycles. The molecule has 4 N–H and O–H groups in total. The van der Waals surface area contributed by atoms with Crippen molar-refractivity contribution < 1.29 is 51.7 Å². The van der Waals surface area contributed by atoms with Crippen LogP contribution in [0.3, 0.4) is 0 Å². The maximum Gasteiger partial charge on any atom is 0.490 e. The molecule has 234 valence electrons. The molecule has 1 aliphatic heterocycles. The molecule has 2 heterocycles. The molecule has 4 rings (SSSR count). The number of aromatic nitrogens is 1. The number of hydrogen-bond donors (Lipinski definition) is 4. The van der Waals surface area contributed by atoms with Crippen molar-refractivity contribution in [2.75, 3.05) is 0 Å². The Kier molecular flexibility index (Phi) is 9.82. The number of rotatable bonds is 6. The quantitative estimate of drug-likeness (QED) is 0.299. The van der Waals surface area contributed by atoms with E-state index in [4.69, 9.17) is 19.4 Å². The van der Waals surface area contributed by atoms with Crippen LogP contribution >= 0.6 is 0 Å². The zero-order chi connectivity index (χ0) is 32.9. The minimum absolute atomic E-state index is 0.217. The van der Waals surface area contributed by atoms with E-state index >= 15 is 0 Å². The minimum atomic E-state index is -5.08. The van der Waals surface area contributed by atoms with Crippen LogP contribution < -0.4 is 20.7 Å². The van der Waals surface area contributed by atoms with E-state index in [9.17, 15) is 32.3 Å². The molecule has 44 heavy (non-hydrogen) atoms. The smallest absolute Gasteiger partial charge is 0.489 e. The molecule has 0 unspecified atom stereocenters. The normalized spacial score (nSPS) is 14.5. The number of benzene rings is 2. The second kappa shape index (κ2) is 13.0. The summed E-state index contributed by atoms with van der Waals surface area (Å²) in [5, 5.41) is 14.6. The first-order valence-electron chi connectivity index (χ1n) is 12.9. The van der Waals surface area contributed by atoms with Gasteiger partial charge in [0, 0.05) is 23.1 Å². The number of pyridine rings is 1. The summed E-state index contributed by atoms with van der Waals surface area (Å²) in [5.74, 6) is -4.09. The van der Waals surface area contributed by atoms with Crippen LogP contribution in [0.4, 0.5) is 22.8 Å². The van der Waals surface area contributed by atoms with E-state index in [1.807, 2.05) is 47.9 Å². The molecule has 2 aromatic carbocycles. The topological polar surface area (TPSA) is 173 Å². The van der Waals surface area contributed by atoms with Crippen molar-refractivity contribution in [1.29, 1.82) is 0 Å². The highest BCUT2D eigenvalue weighted by molar-refractivity contribution is 6.23. The summed E-state index contributed by atoms with van der Waals surface area (Å²) in [6.07, 6.45) is -6.27. The van der Waals surface area contributed by atoms with E-state index < -0.39 is 47.2 Å². The fraction of sp³-hybridized carbons (Fsp3) is 0.310. The number of ether oxygens (including phenoxy) is 2. The molecular formula is C29H29F3N4O8. The lowest BCUT2D eigenvalue weighted by molar-refractivity contribution is -0.192. The lowest BCUT2D eigenvalue weighted by Crippen LogP contribution is -2.74. The van der Waals surface area contributed by atoms with Gasteiger partial charge in [-0.2, -0.15) is 13.2 Å². The summed E-state index contributed by atoms with van der Waals surface area (Å²) in [6, 6.07) is 15.6. The first kappa shape index (κ1) is 33.3. The van der Waals surface area contributed by atoms with Crippen molar-refractivity contribution >= 4 is 40.8 Å². The van der Waals surface area contributed by atoms with E-state index in [1.165, 1.54) is 0 Å². The molecular weight excluding hydrogens is 589 g/mol. The number of halogens is 3. The Balaban J connectivity index is 0.000000676. The number of hydrogen-bond acceptors (Lipinski definition) is 8. The number of para-hydroxylation sites is 1. The Labute approximate surface area is 248 Å². The number of aliphatic carboxylic acids is 1. The lowest BCUT2D eigenvalue weighted by atomic mass is 9.87. The number of carboxylic acids is 1. The van der Waals surface area contributed by atoms with E-state index in [1.54, 1.807) is 45.0 Å². The van der Waals surface area contributed by atoms with Crippen LogP contribution in [-0.2, 0) is 32.1 Å². The van der Waals surface area contributed by atoms with E-state index in [2.05, 4.69) is 10.3 Å². The van der Waals surface area contributed by atoms with E-state index in [-0.39, 0.29) is 6.42 Å². The van der Waals surface area contributed by atoms with Crippen LogP contribution in [0.5, 0.6) is 5.75 Å². The molecule has 0 bridgehead atoms. The molecule has 1 aromatic heterocycles. The summed E-state index contributed by atoms with van der Waals surface area (Å²) < 4.78 is 43.0. The highest BCUT2D eigenvalue weighted by atomic mass is 19.4. The van der Waals surface area contributed by atoms with Crippen LogP contribution in [0.1, 0.15) is 37.6 Å². The molecule has 0 spiro atoms. The zero-order valence-corrected chi connectivity index (χ0v) is 24.0. The van der Waals surface area contributed by atoms with Crippen molar-refractivity contribution in [3.63, 3.8) is 0 Å². The van der Waals surface area contributed by atoms with Crippen molar-refractivity contribution in [1.82, 2.24) is 20.9 Å². The highest BCUT2D eigenvalue weighted by Gasteiger charge is 2.52. The van der Waals surface area contributed by atoms with Gasteiger partial charge in [0.25, 0.3) is 11.8 Å². The SMILES string of the molecule is Cc1cc(COc2ccc(CC3(NC(=O)OC(C)(C)C)C(=O)NC(=O)NC3=O)cc2)c2ccccc2n1.O=C(O)C(F)(F)F. The fourth-order valence-electron chi connectivity index (χ4n) is 4.04. The first-order valence-corrected chi connectivity index (χ1v) is 12.9. The molecule has 5 amide bonds. The number of alkyl carbamates (subject to hydrolysis) is 1. The number of imide groups is 2. The molecule has 0 saturated carbocycles. The summed E-state index contributed by atoms with van der Waals surface area (Å²) in [4.78, 5) is 63.2. The second-order valence-electron chi connectivity index (χ2n) is 10.6. The Bertz CT molecular complexity index is 1560. The van der Waals surface area contributed by atoms with Gasteiger partial charge >= 0.3 is 24.3 Å². The number of amides is 5. The number of barbiturate groups is 1. The highest BCUT2D eigenvalue weighted by Crippen LogP contribution is 2.24. The van der Waals surface area contributed by atoms with Crippen LogP contribution in [0.25, 0.3) is 10.9 Å². The number of carboxylic acid groups (broad SMARTS) is 1. The summed E-state index contributed by atoms with van der Waals surface area (Å²) in [5.41, 5.74) is 0.382. The summed E-state index contributed by atoms with van der Waals surface area (Å²) >= 11 is 0. The standard InChI is InChI=1S/C27H28N4O6.C2HF3O2/c1-16-13-18(20-7-5-6-8-21(20)28-16)15-36-19-11-9-17(10-12-19)14-27(31-25(35)37-26(2,3)4)22(32)29-24(34)30-23(27)33;3-2(4,5)1(6)7/h5-13H,14-15H2,1-4H3,(H,31,35)(H2,29,30,32,33,34);(H,6,7). The van der Waals surface area contributed by atoms with Crippen molar-refractivity contribution in [3.05, 3.63) is 71.4 Å². The van der Waals surface area contributed by atoms with Gasteiger partial charge in [-0.15, -0.1) is 0 Å². The van der Waals surface area contributed by atoms with Gasteiger partial charge in [-0.1, -0.05) is 30.3 Å². The fourth-order valence-corrected chi connectivity index (χ4v) is 4.04. The monoisotopic (exact) mass is 618 g/mol. The van der Waals surface area contributed by atoms with Gasteiger partial charge in [0.15, 0.2) is 0 Å². The number of alkyl halides is 3. The minimum Gasteiger partial charge on any atom is -0.489 e. The third-order valence-corrected chi connectivity index (χ3v) is 5.90. The maximum atomic E-state index is 12.8. The molecule has 3 aromatic rings. The third kappa shape index (κ3) is 8.65. The van der Waals surface area contributed by atoms with E-state index in [0.29, 0.717) is 17.9 Å². The number of carbonyl (C=O) groups is 5. The Morgan fingerprint density at radius 3 is 2.09 bits per heavy atom. The van der Waals surface area contributed by atoms with Gasteiger partial charge in [0.2, 0.25) is 5.54 Å². The van der Waals surface area contributed by atoms with Crippen LogP contribution in [0, 0.1) is 6.92 Å². The van der Waals surface area contributed by atoms with Gasteiger partial charge in [-0.25, -0.2) is 14.4 Å². The van der Waals surface area contributed by atoms with Gasteiger partial charge in [-0.3, -0.25) is 30.5 Å². The van der Waals surface area contributed by atoms with E-state index in [0.717, 1.165) is 22.2 Å². The molecule has 15 heteroatoms. The van der Waals surface area contributed by atoms with Crippen LogP contribution in [-0.4, -0.2) is 57.3 Å². The number of nitrogens with zero attached hydrogens (tertiary/aromatic N) is 1. The predicted molar refractivity (Wildman–Crippen MR) is 148 cm³/mol. The molecule has 0 atom stereocenters. The number of aryl methyl sites for hydroxylation is 1. The van der Waals surface area contributed by atoms with Gasteiger partial charge < -0.3 is 14.6 Å². The number of nitrogens with one attached hydrogen (secondary N) is 3. The van der Waals surface area contributed by atoms with Crippen LogP contribution in [0.15, 0.2) is 54.6 Å². The average Bonchev–Trinajstić information content (AvgIpc) is 2.89.